The van der Waals surface area contributed by atoms with Crippen molar-refractivity contribution < 1.29 is 5.11 Å². The summed E-state index contributed by atoms with van der Waals surface area (Å²) in [5.74, 6) is 0. The number of aliphatic hydroxyl groups excluding tert-OH is 1. The fourth-order valence-electron chi connectivity index (χ4n) is 2.18. The van der Waals surface area contributed by atoms with Crippen molar-refractivity contribution in [2.75, 3.05) is 18.1 Å². The third-order valence-electron chi connectivity index (χ3n) is 3.23. The Morgan fingerprint density at radius 3 is 2.18 bits per heavy atom. The molecule has 0 aliphatic rings. The van der Waals surface area contributed by atoms with E-state index in [2.05, 4.69) is 43.0 Å². The van der Waals surface area contributed by atoms with Crippen LogP contribution in [-0.4, -0.2) is 24.3 Å². The van der Waals surface area contributed by atoms with E-state index in [-0.39, 0.29) is 6.61 Å². The quantitative estimate of drug-likeness (QED) is 0.762. The van der Waals surface area contributed by atoms with E-state index in [0.29, 0.717) is 19.1 Å². The van der Waals surface area contributed by atoms with Gasteiger partial charge in [-0.3, -0.25) is 0 Å². The molecule has 1 aromatic carbocycles. The zero-order chi connectivity index (χ0) is 12.7. The summed E-state index contributed by atoms with van der Waals surface area (Å²) in [7, 11) is 0. The van der Waals surface area contributed by atoms with Gasteiger partial charge in [0.05, 0.1) is 6.61 Å². The summed E-state index contributed by atoms with van der Waals surface area (Å²) in [5.41, 5.74) is 7.91. The Morgan fingerprint density at radius 1 is 1.18 bits per heavy atom. The van der Waals surface area contributed by atoms with Crippen LogP contribution in [0.15, 0.2) is 24.3 Å². The smallest absolute Gasteiger partial charge is 0.0606 e. The van der Waals surface area contributed by atoms with Gasteiger partial charge in [0.25, 0.3) is 0 Å². The molecule has 0 aliphatic carbocycles. The molecule has 0 bridgehead atoms. The van der Waals surface area contributed by atoms with E-state index < -0.39 is 0 Å². The summed E-state index contributed by atoms with van der Waals surface area (Å²) >= 11 is 0. The molecule has 96 valence electrons. The lowest BCUT2D eigenvalue weighted by Gasteiger charge is -2.32. The number of aliphatic hydroxyl groups is 1. The zero-order valence-corrected chi connectivity index (χ0v) is 10.9. The molecule has 0 unspecified atom stereocenters. The van der Waals surface area contributed by atoms with Gasteiger partial charge in [0.15, 0.2) is 0 Å². The predicted molar refractivity (Wildman–Crippen MR) is 73.1 cm³/mol. The van der Waals surface area contributed by atoms with Gasteiger partial charge in [-0.1, -0.05) is 26.0 Å². The van der Waals surface area contributed by atoms with Gasteiger partial charge >= 0.3 is 0 Å². The second kappa shape index (κ2) is 7.30. The largest absolute Gasteiger partial charge is 0.395 e. The summed E-state index contributed by atoms with van der Waals surface area (Å²) in [6, 6.07) is 8.79. The fraction of sp³-hybridized carbons (Fsp3) is 0.571. The van der Waals surface area contributed by atoms with E-state index in [1.54, 1.807) is 0 Å². The van der Waals surface area contributed by atoms with Crippen LogP contribution >= 0.6 is 0 Å². The predicted octanol–water partition coefficient (Wildman–Crippen LogP) is 2.13. The Bertz CT molecular complexity index is 307. The molecule has 0 heterocycles. The maximum Gasteiger partial charge on any atom is 0.0606 e. The molecule has 0 saturated heterocycles. The highest BCUT2D eigenvalue weighted by Crippen LogP contribution is 2.20. The van der Waals surface area contributed by atoms with E-state index in [0.717, 1.165) is 18.4 Å². The van der Waals surface area contributed by atoms with E-state index in [1.165, 1.54) is 5.69 Å². The van der Waals surface area contributed by atoms with Crippen molar-refractivity contribution in [3.63, 3.8) is 0 Å². The van der Waals surface area contributed by atoms with Gasteiger partial charge in [-0.15, -0.1) is 0 Å². The second-order valence-electron chi connectivity index (χ2n) is 4.26. The molecule has 3 N–H and O–H groups in total. The topological polar surface area (TPSA) is 49.5 Å². The highest BCUT2D eigenvalue weighted by atomic mass is 16.3. The number of hydrogen-bond donors (Lipinski definition) is 2. The Kier molecular flexibility index (Phi) is 6.01. The number of nitrogens with zero attached hydrogens (tertiary/aromatic N) is 1. The van der Waals surface area contributed by atoms with Crippen LogP contribution in [0.3, 0.4) is 0 Å². The van der Waals surface area contributed by atoms with Crippen LogP contribution in [0.5, 0.6) is 0 Å². The van der Waals surface area contributed by atoms with Gasteiger partial charge in [-0.05, 0) is 30.5 Å². The maximum atomic E-state index is 9.18. The Morgan fingerprint density at radius 2 is 1.76 bits per heavy atom. The van der Waals surface area contributed by atoms with Gasteiger partial charge in [0.1, 0.15) is 0 Å². The van der Waals surface area contributed by atoms with E-state index in [1.807, 2.05) is 0 Å². The van der Waals surface area contributed by atoms with Crippen molar-refractivity contribution in [1.82, 2.24) is 0 Å². The Hall–Kier alpha value is -1.06. The molecule has 0 fully saturated rings. The first-order valence-electron chi connectivity index (χ1n) is 6.43. The SMILES string of the molecule is CCC(CC)N(CCO)c1ccc(CN)cc1. The summed E-state index contributed by atoms with van der Waals surface area (Å²) < 4.78 is 0. The van der Waals surface area contributed by atoms with Crippen LogP contribution in [0, 0.1) is 0 Å². The van der Waals surface area contributed by atoms with E-state index >= 15 is 0 Å². The first kappa shape index (κ1) is 14.0. The number of benzene rings is 1. The zero-order valence-electron chi connectivity index (χ0n) is 10.9. The molecule has 0 aromatic heterocycles. The van der Waals surface area contributed by atoms with Gasteiger partial charge in [-0.25, -0.2) is 0 Å². The monoisotopic (exact) mass is 236 g/mol. The molecule has 17 heavy (non-hydrogen) atoms. The van der Waals surface area contributed by atoms with Crippen molar-refractivity contribution >= 4 is 5.69 Å². The molecule has 0 spiro atoms. The molecule has 0 aliphatic heterocycles. The summed E-state index contributed by atoms with van der Waals surface area (Å²) in [6.07, 6.45) is 2.18. The van der Waals surface area contributed by atoms with Crippen LogP contribution in [0.25, 0.3) is 0 Å². The molecule has 0 radical (unpaired) electrons. The van der Waals surface area contributed by atoms with Gasteiger partial charge < -0.3 is 15.7 Å². The maximum absolute atomic E-state index is 9.18. The lowest BCUT2D eigenvalue weighted by Crippen LogP contribution is -2.36. The molecule has 1 aromatic rings. The number of hydrogen-bond acceptors (Lipinski definition) is 3. The molecule has 0 atom stereocenters. The van der Waals surface area contributed by atoms with Crippen LogP contribution < -0.4 is 10.6 Å². The average Bonchev–Trinajstić information content (AvgIpc) is 2.39. The van der Waals surface area contributed by atoms with Crippen LogP contribution in [-0.2, 0) is 6.54 Å². The Labute approximate surface area is 104 Å². The summed E-state index contributed by atoms with van der Waals surface area (Å²) in [6.45, 7) is 5.83. The van der Waals surface area contributed by atoms with Crippen molar-refractivity contribution in [2.45, 2.75) is 39.3 Å². The molecule has 3 nitrogen and oxygen atoms in total. The van der Waals surface area contributed by atoms with E-state index in [4.69, 9.17) is 5.73 Å². The highest BCUT2D eigenvalue weighted by molar-refractivity contribution is 5.48. The molecular formula is C14H24N2O. The standard InChI is InChI=1S/C14H24N2O/c1-3-13(4-2)16(9-10-17)14-7-5-12(11-15)6-8-14/h5-8,13,17H,3-4,9-11,15H2,1-2H3. The third kappa shape index (κ3) is 3.72. The minimum atomic E-state index is 0.190. The molecule has 0 amide bonds. The van der Waals surface area contributed by atoms with Crippen LogP contribution in [0.4, 0.5) is 5.69 Å². The van der Waals surface area contributed by atoms with Crippen LogP contribution in [0.1, 0.15) is 32.3 Å². The van der Waals surface area contributed by atoms with E-state index in [9.17, 15) is 5.11 Å². The van der Waals surface area contributed by atoms with Crippen LogP contribution in [0.2, 0.25) is 0 Å². The molecule has 0 saturated carbocycles. The summed E-state index contributed by atoms with van der Waals surface area (Å²) in [5, 5.41) is 9.18. The third-order valence-corrected chi connectivity index (χ3v) is 3.23. The van der Waals surface area contributed by atoms with Crippen molar-refractivity contribution in [1.29, 1.82) is 0 Å². The Balaban J connectivity index is 2.87. The first-order chi connectivity index (χ1) is 8.26. The number of rotatable bonds is 7. The normalized spacial score (nSPS) is 10.9. The highest BCUT2D eigenvalue weighted by Gasteiger charge is 2.14. The molecule has 1 rings (SSSR count). The average molecular weight is 236 g/mol. The molecule has 3 heteroatoms. The van der Waals surface area contributed by atoms with Gasteiger partial charge in [0.2, 0.25) is 0 Å². The first-order valence-corrected chi connectivity index (χ1v) is 6.43. The minimum Gasteiger partial charge on any atom is -0.395 e. The lowest BCUT2D eigenvalue weighted by atomic mass is 10.1. The molecular weight excluding hydrogens is 212 g/mol. The van der Waals surface area contributed by atoms with Crippen molar-refractivity contribution in [2.24, 2.45) is 5.73 Å². The number of anilines is 1. The minimum absolute atomic E-state index is 0.190. The van der Waals surface area contributed by atoms with Gasteiger partial charge in [-0.2, -0.15) is 0 Å². The van der Waals surface area contributed by atoms with Crippen molar-refractivity contribution in [3.8, 4) is 0 Å². The summed E-state index contributed by atoms with van der Waals surface area (Å²) in [4.78, 5) is 2.28. The fourth-order valence-corrected chi connectivity index (χ4v) is 2.18. The second-order valence-corrected chi connectivity index (χ2v) is 4.26. The lowest BCUT2D eigenvalue weighted by molar-refractivity contribution is 0.296. The van der Waals surface area contributed by atoms with Gasteiger partial charge in [0, 0.05) is 24.8 Å². The number of nitrogens with two attached hydrogens (primary N) is 1. The van der Waals surface area contributed by atoms with Crippen molar-refractivity contribution in [3.05, 3.63) is 29.8 Å².